The van der Waals surface area contributed by atoms with Gasteiger partial charge in [0, 0.05) is 5.69 Å². The molecule has 2 rings (SSSR count). The topological polar surface area (TPSA) is 33.1 Å². The van der Waals surface area contributed by atoms with E-state index in [0.717, 1.165) is 11.3 Å². The summed E-state index contributed by atoms with van der Waals surface area (Å²) in [5.41, 5.74) is 2.01. The normalized spacial score (nSPS) is 9.19. The smallest absolute Gasteiger partial charge is 0.133 e. The van der Waals surface area contributed by atoms with E-state index >= 15 is 0 Å². The number of aryl methyl sites for hydroxylation is 2. The van der Waals surface area contributed by atoms with Crippen LogP contribution in [0, 0.1) is 19.7 Å². The van der Waals surface area contributed by atoms with Crippen LogP contribution in [0.4, 0.5) is 4.39 Å². The number of aromatic hydroxyl groups is 1. The third kappa shape index (κ3) is 4.55. The average molecular weight is 219 g/mol. The Morgan fingerprint density at radius 3 is 2.00 bits per heavy atom. The van der Waals surface area contributed by atoms with Crippen LogP contribution in [0.25, 0.3) is 0 Å². The molecule has 1 aromatic heterocycles. The van der Waals surface area contributed by atoms with Crippen molar-refractivity contribution in [2.75, 3.05) is 0 Å². The third-order valence-electron chi connectivity index (χ3n) is 1.91. The molecule has 1 aromatic carbocycles. The summed E-state index contributed by atoms with van der Waals surface area (Å²) in [6.45, 7) is 3.80. The standard InChI is InChI=1S/C7H7F.C6H7NO/c1-6-2-4-7(8)5-3-6;1-5-2-3-6(8)4-7-5/h2-5H,1H3;2-4,8H,1H3. The lowest BCUT2D eigenvalue weighted by atomic mass is 10.2. The Morgan fingerprint density at radius 1 is 1.00 bits per heavy atom. The second kappa shape index (κ2) is 5.85. The van der Waals surface area contributed by atoms with Crippen LogP contribution < -0.4 is 0 Å². The van der Waals surface area contributed by atoms with E-state index in [2.05, 4.69) is 4.98 Å². The summed E-state index contributed by atoms with van der Waals surface area (Å²) in [7, 11) is 0. The highest BCUT2D eigenvalue weighted by atomic mass is 19.1. The number of hydrogen-bond donors (Lipinski definition) is 1. The highest BCUT2D eigenvalue weighted by molar-refractivity contribution is 5.16. The van der Waals surface area contributed by atoms with Crippen molar-refractivity contribution in [3.05, 3.63) is 59.7 Å². The lowest BCUT2D eigenvalue weighted by molar-refractivity contribution is 0.472. The van der Waals surface area contributed by atoms with E-state index in [1.807, 2.05) is 13.8 Å². The first kappa shape index (κ1) is 12.2. The Morgan fingerprint density at radius 2 is 1.62 bits per heavy atom. The van der Waals surface area contributed by atoms with Gasteiger partial charge in [0.1, 0.15) is 11.6 Å². The van der Waals surface area contributed by atoms with E-state index in [-0.39, 0.29) is 11.6 Å². The molecule has 3 heteroatoms. The van der Waals surface area contributed by atoms with Gasteiger partial charge in [-0.25, -0.2) is 4.39 Å². The van der Waals surface area contributed by atoms with Crippen molar-refractivity contribution in [3.63, 3.8) is 0 Å². The molecule has 0 saturated heterocycles. The minimum absolute atomic E-state index is 0.171. The quantitative estimate of drug-likeness (QED) is 0.738. The van der Waals surface area contributed by atoms with E-state index in [1.165, 1.54) is 18.3 Å². The van der Waals surface area contributed by atoms with Gasteiger partial charge in [0.15, 0.2) is 0 Å². The zero-order chi connectivity index (χ0) is 12.0. The van der Waals surface area contributed by atoms with Gasteiger partial charge in [-0.3, -0.25) is 4.98 Å². The molecule has 0 aliphatic heterocycles. The van der Waals surface area contributed by atoms with Gasteiger partial charge in [-0.05, 0) is 38.1 Å². The molecule has 0 fully saturated rings. The second-order valence-electron chi connectivity index (χ2n) is 3.45. The molecule has 0 spiro atoms. The van der Waals surface area contributed by atoms with Gasteiger partial charge in [0.2, 0.25) is 0 Å². The first-order valence-corrected chi connectivity index (χ1v) is 4.92. The number of benzene rings is 1. The zero-order valence-corrected chi connectivity index (χ0v) is 9.31. The molecule has 0 saturated carbocycles. The van der Waals surface area contributed by atoms with Crippen LogP contribution >= 0.6 is 0 Å². The molecule has 0 aliphatic rings. The highest BCUT2D eigenvalue weighted by Gasteiger charge is 1.84. The van der Waals surface area contributed by atoms with E-state index in [4.69, 9.17) is 5.11 Å². The maximum atomic E-state index is 12.1. The minimum Gasteiger partial charge on any atom is -0.506 e. The van der Waals surface area contributed by atoms with Crippen LogP contribution in [0.1, 0.15) is 11.3 Å². The largest absolute Gasteiger partial charge is 0.506 e. The molecular weight excluding hydrogens is 205 g/mol. The van der Waals surface area contributed by atoms with E-state index in [1.54, 1.807) is 24.3 Å². The number of aromatic nitrogens is 1. The molecule has 0 bridgehead atoms. The van der Waals surface area contributed by atoms with Crippen LogP contribution in [-0.2, 0) is 0 Å². The Balaban J connectivity index is 0.000000160. The van der Waals surface area contributed by atoms with Crippen molar-refractivity contribution in [2.45, 2.75) is 13.8 Å². The van der Waals surface area contributed by atoms with Crippen LogP contribution in [0.5, 0.6) is 5.75 Å². The molecular formula is C13H14FNO. The van der Waals surface area contributed by atoms with Crippen molar-refractivity contribution in [1.82, 2.24) is 4.98 Å². The summed E-state index contributed by atoms with van der Waals surface area (Å²) >= 11 is 0. The molecule has 2 nitrogen and oxygen atoms in total. The van der Waals surface area contributed by atoms with Crippen molar-refractivity contribution in [1.29, 1.82) is 0 Å². The molecule has 0 amide bonds. The number of rotatable bonds is 0. The van der Waals surface area contributed by atoms with E-state index in [9.17, 15) is 4.39 Å². The number of hydrogen-bond acceptors (Lipinski definition) is 2. The van der Waals surface area contributed by atoms with Gasteiger partial charge in [-0.2, -0.15) is 0 Å². The molecule has 0 radical (unpaired) electrons. The molecule has 0 aliphatic carbocycles. The zero-order valence-electron chi connectivity index (χ0n) is 9.31. The fourth-order valence-corrected chi connectivity index (χ4v) is 0.993. The predicted molar refractivity (Wildman–Crippen MR) is 61.8 cm³/mol. The molecule has 1 heterocycles. The van der Waals surface area contributed by atoms with Crippen molar-refractivity contribution in [2.24, 2.45) is 0 Å². The van der Waals surface area contributed by atoms with E-state index < -0.39 is 0 Å². The number of pyridine rings is 1. The first-order valence-electron chi connectivity index (χ1n) is 4.92. The Kier molecular flexibility index (Phi) is 4.45. The van der Waals surface area contributed by atoms with Crippen molar-refractivity contribution >= 4 is 0 Å². The minimum atomic E-state index is -0.171. The van der Waals surface area contributed by atoms with Crippen LogP contribution in [0.3, 0.4) is 0 Å². The Hall–Kier alpha value is -1.90. The van der Waals surface area contributed by atoms with Gasteiger partial charge >= 0.3 is 0 Å². The molecule has 16 heavy (non-hydrogen) atoms. The van der Waals surface area contributed by atoms with Crippen LogP contribution in [0.15, 0.2) is 42.6 Å². The molecule has 2 aromatic rings. The SMILES string of the molecule is Cc1ccc(F)cc1.Cc1ccc(O)cn1. The number of halogens is 1. The fraction of sp³-hybridized carbons (Fsp3) is 0.154. The lowest BCUT2D eigenvalue weighted by Gasteiger charge is -1.88. The second-order valence-corrected chi connectivity index (χ2v) is 3.45. The highest BCUT2D eigenvalue weighted by Crippen LogP contribution is 2.03. The third-order valence-corrected chi connectivity index (χ3v) is 1.91. The first-order chi connectivity index (χ1) is 7.58. The van der Waals surface area contributed by atoms with Crippen LogP contribution in [0.2, 0.25) is 0 Å². The molecule has 1 N–H and O–H groups in total. The average Bonchev–Trinajstić information content (AvgIpc) is 2.28. The van der Waals surface area contributed by atoms with Crippen molar-refractivity contribution < 1.29 is 9.50 Å². The van der Waals surface area contributed by atoms with Gasteiger partial charge < -0.3 is 5.11 Å². The van der Waals surface area contributed by atoms with E-state index in [0.29, 0.717) is 0 Å². The fourth-order valence-electron chi connectivity index (χ4n) is 0.993. The molecule has 0 atom stereocenters. The summed E-state index contributed by atoms with van der Waals surface area (Å²) in [6.07, 6.45) is 1.43. The lowest BCUT2D eigenvalue weighted by Crippen LogP contribution is -1.75. The van der Waals surface area contributed by atoms with Gasteiger partial charge in [-0.1, -0.05) is 17.7 Å². The summed E-state index contributed by atoms with van der Waals surface area (Å²) in [5, 5.41) is 8.69. The van der Waals surface area contributed by atoms with Crippen LogP contribution in [-0.4, -0.2) is 10.1 Å². The van der Waals surface area contributed by atoms with Gasteiger partial charge in [-0.15, -0.1) is 0 Å². The predicted octanol–water partition coefficient (Wildman–Crippen LogP) is 3.23. The monoisotopic (exact) mass is 219 g/mol. The van der Waals surface area contributed by atoms with Crippen molar-refractivity contribution in [3.8, 4) is 5.75 Å². The molecule has 84 valence electrons. The maximum absolute atomic E-state index is 12.1. The molecule has 0 unspecified atom stereocenters. The number of nitrogens with zero attached hydrogens (tertiary/aromatic N) is 1. The summed E-state index contributed by atoms with van der Waals surface area (Å²) in [5.74, 6) is 0.0474. The maximum Gasteiger partial charge on any atom is 0.133 e. The summed E-state index contributed by atoms with van der Waals surface area (Å²) < 4.78 is 12.1. The van der Waals surface area contributed by atoms with Gasteiger partial charge in [0.05, 0.1) is 6.20 Å². The van der Waals surface area contributed by atoms with Gasteiger partial charge in [0.25, 0.3) is 0 Å². The summed E-state index contributed by atoms with van der Waals surface area (Å²) in [6, 6.07) is 9.77. The Bertz CT molecular complexity index is 337. The Labute approximate surface area is 94.4 Å². The summed E-state index contributed by atoms with van der Waals surface area (Å²) in [4.78, 5) is 3.83.